The molecule has 0 aromatic heterocycles. The molecular formula is C22H39NO. The monoisotopic (exact) mass is 333 g/mol. The van der Waals surface area contributed by atoms with Crippen molar-refractivity contribution in [1.29, 1.82) is 0 Å². The van der Waals surface area contributed by atoms with E-state index in [-0.39, 0.29) is 5.60 Å². The molecule has 138 valence electrons. The fourth-order valence-electron chi connectivity index (χ4n) is 6.39. The van der Waals surface area contributed by atoms with Crippen molar-refractivity contribution in [3.63, 3.8) is 0 Å². The predicted molar refractivity (Wildman–Crippen MR) is 100 cm³/mol. The second kappa shape index (κ2) is 8.08. The van der Waals surface area contributed by atoms with Gasteiger partial charge in [0.1, 0.15) is 0 Å². The standard InChI is InChI=1S/C22H39NO/c1-2-4-7-13-18(12-6-3-1)22-17-11-10-16-21(22)23-19-14-8-5-9-15-20(19)24-22/h18-21,23H,1-17H2/t19-,20+,21?,22?/m0/s1. The Morgan fingerprint density at radius 3 is 2.08 bits per heavy atom. The molecule has 4 rings (SSSR count). The summed E-state index contributed by atoms with van der Waals surface area (Å²) in [5.74, 6) is 0.817. The summed E-state index contributed by atoms with van der Waals surface area (Å²) in [4.78, 5) is 0. The van der Waals surface area contributed by atoms with Gasteiger partial charge in [-0.25, -0.2) is 0 Å². The van der Waals surface area contributed by atoms with Crippen molar-refractivity contribution in [1.82, 2.24) is 5.32 Å². The highest BCUT2D eigenvalue weighted by Crippen LogP contribution is 2.47. The predicted octanol–water partition coefficient (Wildman–Crippen LogP) is 5.74. The number of fused-ring (bicyclic) bond motifs is 2. The summed E-state index contributed by atoms with van der Waals surface area (Å²) in [7, 11) is 0. The number of hydrogen-bond donors (Lipinski definition) is 1. The normalized spacial score (nSPS) is 42.8. The Kier molecular flexibility index (Phi) is 5.84. The van der Waals surface area contributed by atoms with Gasteiger partial charge in [0.15, 0.2) is 0 Å². The lowest BCUT2D eigenvalue weighted by Gasteiger charge is -2.56. The summed E-state index contributed by atoms with van der Waals surface area (Å²) >= 11 is 0. The molecule has 0 amide bonds. The SMILES string of the molecule is C1CCCCC(C23CCCCC2N[C@H]2CCCCC[C@H]2O3)CCC1. The topological polar surface area (TPSA) is 21.3 Å². The zero-order valence-corrected chi connectivity index (χ0v) is 15.7. The molecule has 3 aliphatic carbocycles. The number of nitrogens with one attached hydrogen (secondary N) is 1. The quantitative estimate of drug-likeness (QED) is 0.660. The highest BCUT2D eigenvalue weighted by Gasteiger charge is 2.53. The lowest BCUT2D eigenvalue weighted by atomic mass is 9.67. The number of rotatable bonds is 1. The molecule has 1 heterocycles. The van der Waals surface area contributed by atoms with E-state index in [9.17, 15) is 0 Å². The molecule has 0 aromatic carbocycles. The molecular weight excluding hydrogens is 294 g/mol. The van der Waals surface area contributed by atoms with Crippen molar-refractivity contribution < 1.29 is 4.74 Å². The molecule has 4 aliphatic rings. The van der Waals surface area contributed by atoms with Crippen molar-refractivity contribution in [2.24, 2.45) is 5.92 Å². The van der Waals surface area contributed by atoms with E-state index in [2.05, 4.69) is 5.32 Å². The molecule has 2 unspecified atom stereocenters. The lowest BCUT2D eigenvalue weighted by molar-refractivity contribution is -0.206. The Morgan fingerprint density at radius 2 is 1.25 bits per heavy atom. The van der Waals surface area contributed by atoms with E-state index in [0.717, 1.165) is 5.92 Å². The van der Waals surface area contributed by atoms with E-state index >= 15 is 0 Å². The molecule has 4 fully saturated rings. The van der Waals surface area contributed by atoms with Crippen LogP contribution in [0.15, 0.2) is 0 Å². The molecule has 0 aromatic rings. The van der Waals surface area contributed by atoms with Crippen LogP contribution in [0.3, 0.4) is 0 Å². The molecule has 2 heteroatoms. The first-order chi connectivity index (χ1) is 11.9. The smallest absolute Gasteiger partial charge is 0.0867 e. The van der Waals surface area contributed by atoms with Gasteiger partial charge in [0.2, 0.25) is 0 Å². The molecule has 1 saturated heterocycles. The Labute approximate surface area is 149 Å². The Balaban J connectivity index is 1.55. The summed E-state index contributed by atoms with van der Waals surface area (Å²) < 4.78 is 7.18. The van der Waals surface area contributed by atoms with Gasteiger partial charge in [0.05, 0.1) is 11.7 Å². The van der Waals surface area contributed by atoms with E-state index in [1.807, 2.05) is 0 Å². The summed E-state index contributed by atoms with van der Waals surface area (Å²) in [5.41, 5.74) is 0.189. The molecule has 3 saturated carbocycles. The molecule has 1 aliphatic heterocycles. The van der Waals surface area contributed by atoms with Crippen LogP contribution in [0, 0.1) is 5.92 Å². The Morgan fingerprint density at radius 1 is 0.625 bits per heavy atom. The first kappa shape index (κ1) is 17.3. The van der Waals surface area contributed by atoms with Crippen molar-refractivity contribution >= 4 is 0 Å². The van der Waals surface area contributed by atoms with E-state index in [1.165, 1.54) is 109 Å². The molecule has 0 bridgehead atoms. The van der Waals surface area contributed by atoms with Gasteiger partial charge < -0.3 is 10.1 Å². The van der Waals surface area contributed by atoms with Gasteiger partial charge in [-0.2, -0.15) is 0 Å². The van der Waals surface area contributed by atoms with Gasteiger partial charge in [-0.15, -0.1) is 0 Å². The minimum atomic E-state index is 0.189. The summed E-state index contributed by atoms with van der Waals surface area (Å²) in [6.45, 7) is 0. The van der Waals surface area contributed by atoms with Crippen LogP contribution < -0.4 is 5.32 Å². The van der Waals surface area contributed by atoms with Crippen molar-refractivity contribution in [2.75, 3.05) is 0 Å². The summed E-state index contributed by atoms with van der Waals surface area (Å²) in [5, 5.41) is 4.16. The van der Waals surface area contributed by atoms with Crippen LogP contribution in [0.25, 0.3) is 0 Å². The zero-order valence-electron chi connectivity index (χ0n) is 15.7. The number of ether oxygens (including phenoxy) is 1. The van der Waals surface area contributed by atoms with E-state index < -0.39 is 0 Å². The van der Waals surface area contributed by atoms with E-state index in [1.54, 1.807) is 0 Å². The first-order valence-corrected chi connectivity index (χ1v) is 11.3. The summed E-state index contributed by atoms with van der Waals surface area (Å²) in [6.07, 6.45) is 24.4. The average Bonchev–Trinajstić information content (AvgIpc) is 2.74. The minimum absolute atomic E-state index is 0.189. The maximum atomic E-state index is 7.18. The van der Waals surface area contributed by atoms with Crippen LogP contribution in [-0.2, 0) is 4.74 Å². The van der Waals surface area contributed by atoms with Crippen LogP contribution in [-0.4, -0.2) is 23.8 Å². The fourth-order valence-corrected chi connectivity index (χ4v) is 6.39. The highest BCUT2D eigenvalue weighted by molar-refractivity contribution is 5.07. The largest absolute Gasteiger partial charge is 0.368 e. The zero-order chi connectivity index (χ0) is 16.2. The van der Waals surface area contributed by atoms with Gasteiger partial charge >= 0.3 is 0 Å². The van der Waals surface area contributed by atoms with Gasteiger partial charge in [-0.1, -0.05) is 70.6 Å². The highest BCUT2D eigenvalue weighted by atomic mass is 16.5. The van der Waals surface area contributed by atoms with Crippen molar-refractivity contribution in [3.05, 3.63) is 0 Å². The van der Waals surface area contributed by atoms with E-state index in [0.29, 0.717) is 18.2 Å². The second-order valence-electron chi connectivity index (χ2n) is 9.22. The van der Waals surface area contributed by atoms with Crippen LogP contribution in [0.2, 0.25) is 0 Å². The summed E-state index contributed by atoms with van der Waals surface area (Å²) in [6, 6.07) is 1.30. The van der Waals surface area contributed by atoms with Crippen LogP contribution in [0.1, 0.15) is 109 Å². The fraction of sp³-hybridized carbons (Fsp3) is 1.00. The van der Waals surface area contributed by atoms with Crippen LogP contribution in [0.4, 0.5) is 0 Å². The van der Waals surface area contributed by atoms with Gasteiger partial charge in [-0.3, -0.25) is 0 Å². The molecule has 2 nitrogen and oxygen atoms in total. The Hall–Kier alpha value is -0.0800. The van der Waals surface area contributed by atoms with Crippen LogP contribution in [0.5, 0.6) is 0 Å². The van der Waals surface area contributed by atoms with Gasteiger partial charge in [0.25, 0.3) is 0 Å². The second-order valence-corrected chi connectivity index (χ2v) is 9.22. The maximum Gasteiger partial charge on any atom is 0.0867 e. The average molecular weight is 334 g/mol. The third kappa shape index (κ3) is 3.56. The molecule has 0 spiro atoms. The maximum absolute atomic E-state index is 7.18. The van der Waals surface area contributed by atoms with E-state index in [4.69, 9.17) is 4.74 Å². The number of morpholine rings is 1. The molecule has 0 radical (unpaired) electrons. The molecule has 4 atom stereocenters. The van der Waals surface area contributed by atoms with Crippen molar-refractivity contribution in [2.45, 2.75) is 133 Å². The molecule has 1 N–H and O–H groups in total. The first-order valence-electron chi connectivity index (χ1n) is 11.3. The third-order valence-electron chi connectivity index (χ3n) is 7.68. The van der Waals surface area contributed by atoms with Gasteiger partial charge in [-0.05, 0) is 44.4 Å². The van der Waals surface area contributed by atoms with Crippen LogP contribution >= 0.6 is 0 Å². The number of hydrogen-bond acceptors (Lipinski definition) is 2. The Bertz CT molecular complexity index is 387. The third-order valence-corrected chi connectivity index (χ3v) is 7.68. The van der Waals surface area contributed by atoms with Gasteiger partial charge in [0, 0.05) is 12.1 Å². The molecule has 24 heavy (non-hydrogen) atoms. The minimum Gasteiger partial charge on any atom is -0.368 e. The van der Waals surface area contributed by atoms with Crippen molar-refractivity contribution in [3.8, 4) is 0 Å². The lowest BCUT2D eigenvalue weighted by Crippen LogP contribution is -2.68.